The molecule has 1 aliphatic rings. The summed E-state index contributed by atoms with van der Waals surface area (Å²) in [6, 6.07) is 0. The Morgan fingerprint density at radius 2 is 2.08 bits per heavy atom. The van der Waals surface area contributed by atoms with Crippen molar-refractivity contribution >= 4 is 0 Å². The van der Waals surface area contributed by atoms with Gasteiger partial charge < -0.3 is 5.32 Å². The van der Waals surface area contributed by atoms with E-state index in [4.69, 9.17) is 0 Å². The molecule has 0 atom stereocenters. The Labute approximate surface area is 73.7 Å². The molecule has 0 aromatic carbocycles. The van der Waals surface area contributed by atoms with Crippen LogP contribution in [0.2, 0.25) is 0 Å². The molecule has 2 heteroatoms. The van der Waals surface area contributed by atoms with Crippen molar-refractivity contribution in [3.05, 3.63) is 0 Å². The molecule has 68 valence electrons. The van der Waals surface area contributed by atoms with Crippen molar-refractivity contribution in [1.82, 2.24) is 5.32 Å². The third kappa shape index (κ3) is 2.83. The molecule has 1 saturated heterocycles. The van der Waals surface area contributed by atoms with Crippen LogP contribution < -0.4 is 5.32 Å². The van der Waals surface area contributed by atoms with Crippen LogP contribution in [0.25, 0.3) is 0 Å². The van der Waals surface area contributed by atoms with Crippen LogP contribution >= 0.6 is 0 Å². The van der Waals surface area contributed by atoms with E-state index in [2.05, 4.69) is 24.1 Å². The Hall–Kier alpha value is -0.550. The van der Waals surface area contributed by atoms with Crippen LogP contribution in [0.1, 0.15) is 32.6 Å². The topological polar surface area (TPSA) is 12.0 Å². The number of alkyl halides is 1. The minimum absolute atomic E-state index is 0.545. The maximum Gasteiger partial charge on any atom is 0.173 e. The highest BCUT2D eigenvalue weighted by Crippen LogP contribution is 2.21. The Bertz CT molecular complexity index is 184. The fourth-order valence-electron chi connectivity index (χ4n) is 1.29. The van der Waals surface area contributed by atoms with Crippen molar-refractivity contribution < 1.29 is 4.39 Å². The monoisotopic (exact) mass is 169 g/mol. The van der Waals surface area contributed by atoms with E-state index in [1.54, 1.807) is 0 Å². The van der Waals surface area contributed by atoms with Crippen LogP contribution in [-0.4, -0.2) is 18.8 Å². The summed E-state index contributed by atoms with van der Waals surface area (Å²) < 4.78 is 13.7. The van der Waals surface area contributed by atoms with Gasteiger partial charge in [0.15, 0.2) is 5.67 Å². The predicted octanol–water partition coefficient (Wildman–Crippen LogP) is 1.88. The molecule has 0 radical (unpaired) electrons. The number of hydrogen-bond acceptors (Lipinski definition) is 1. The third-order valence-corrected chi connectivity index (χ3v) is 2.08. The molecule has 0 spiro atoms. The van der Waals surface area contributed by atoms with Crippen LogP contribution in [0.4, 0.5) is 4.39 Å². The molecule has 0 aromatic heterocycles. The number of hydrogen-bond donors (Lipinski definition) is 1. The van der Waals surface area contributed by atoms with Gasteiger partial charge >= 0.3 is 0 Å². The van der Waals surface area contributed by atoms with E-state index in [-0.39, 0.29) is 0 Å². The Morgan fingerprint density at radius 1 is 1.42 bits per heavy atom. The van der Waals surface area contributed by atoms with Gasteiger partial charge in [-0.3, -0.25) is 0 Å². The molecule has 0 aliphatic carbocycles. The van der Waals surface area contributed by atoms with E-state index >= 15 is 0 Å². The minimum Gasteiger partial charge on any atom is -0.316 e. The van der Waals surface area contributed by atoms with Gasteiger partial charge in [0.25, 0.3) is 0 Å². The average molecular weight is 169 g/mol. The van der Waals surface area contributed by atoms with Crippen molar-refractivity contribution in [3.63, 3.8) is 0 Å². The molecule has 1 heterocycles. The van der Waals surface area contributed by atoms with Gasteiger partial charge in [0.05, 0.1) is 0 Å². The lowest BCUT2D eigenvalue weighted by Crippen LogP contribution is -2.37. The number of piperidine rings is 1. The van der Waals surface area contributed by atoms with Crippen LogP contribution in [-0.2, 0) is 0 Å². The standard InChI is InChI=1S/C10H16FN/c1-2-3-4-5-10(11)6-8-12-9-7-10/h12H,2-3,6-9H2,1H3. The molecule has 12 heavy (non-hydrogen) atoms. The molecule has 1 N–H and O–H groups in total. The molecular formula is C10H16FN. The molecule has 1 nitrogen and oxygen atoms in total. The maximum absolute atomic E-state index is 13.7. The minimum atomic E-state index is -1.19. The quantitative estimate of drug-likeness (QED) is 0.591. The first kappa shape index (κ1) is 9.54. The van der Waals surface area contributed by atoms with Gasteiger partial charge in [-0.05, 0) is 19.5 Å². The van der Waals surface area contributed by atoms with E-state index in [0.29, 0.717) is 12.8 Å². The lowest BCUT2D eigenvalue weighted by atomic mass is 9.95. The second kappa shape index (κ2) is 4.47. The van der Waals surface area contributed by atoms with E-state index in [9.17, 15) is 4.39 Å². The highest BCUT2D eigenvalue weighted by atomic mass is 19.1. The van der Waals surface area contributed by atoms with Gasteiger partial charge in [-0.25, -0.2) is 4.39 Å². The van der Waals surface area contributed by atoms with Crippen molar-refractivity contribution in [1.29, 1.82) is 0 Å². The zero-order chi connectivity index (χ0) is 8.86. The van der Waals surface area contributed by atoms with E-state index in [1.807, 2.05) is 0 Å². The van der Waals surface area contributed by atoms with Crippen LogP contribution in [0.15, 0.2) is 0 Å². The van der Waals surface area contributed by atoms with E-state index in [1.165, 1.54) is 0 Å². The fourth-order valence-corrected chi connectivity index (χ4v) is 1.29. The van der Waals surface area contributed by atoms with E-state index < -0.39 is 5.67 Å². The second-order valence-electron chi connectivity index (χ2n) is 3.27. The first-order valence-corrected chi connectivity index (χ1v) is 4.66. The lowest BCUT2D eigenvalue weighted by molar-refractivity contribution is 0.184. The largest absolute Gasteiger partial charge is 0.316 e. The van der Waals surface area contributed by atoms with Crippen LogP contribution in [0, 0.1) is 11.8 Å². The van der Waals surface area contributed by atoms with Crippen molar-refractivity contribution in [3.8, 4) is 11.8 Å². The molecule has 1 rings (SSSR count). The molecule has 1 aliphatic heterocycles. The Kier molecular flexibility index (Phi) is 3.55. The Morgan fingerprint density at radius 3 is 2.67 bits per heavy atom. The number of halogens is 1. The normalized spacial score (nSPS) is 21.2. The van der Waals surface area contributed by atoms with Crippen LogP contribution in [0.3, 0.4) is 0 Å². The lowest BCUT2D eigenvalue weighted by Gasteiger charge is -2.24. The zero-order valence-corrected chi connectivity index (χ0v) is 7.62. The van der Waals surface area contributed by atoms with Gasteiger partial charge in [0.2, 0.25) is 0 Å². The number of unbranched alkanes of at least 4 members (excludes halogenated alkanes) is 1. The summed E-state index contributed by atoms with van der Waals surface area (Å²) in [5.41, 5.74) is -1.19. The van der Waals surface area contributed by atoms with Gasteiger partial charge in [-0.2, -0.15) is 0 Å². The molecular weight excluding hydrogens is 153 g/mol. The Balaban J connectivity index is 2.42. The first-order valence-electron chi connectivity index (χ1n) is 4.66. The molecule has 0 aromatic rings. The SMILES string of the molecule is CCCC#CC1(F)CCNCC1. The molecule has 0 unspecified atom stereocenters. The summed E-state index contributed by atoms with van der Waals surface area (Å²) in [6.07, 6.45) is 2.92. The maximum atomic E-state index is 13.7. The smallest absolute Gasteiger partial charge is 0.173 e. The second-order valence-corrected chi connectivity index (χ2v) is 3.27. The summed E-state index contributed by atoms with van der Waals surface area (Å²) in [4.78, 5) is 0. The van der Waals surface area contributed by atoms with Crippen LogP contribution in [0.5, 0.6) is 0 Å². The number of rotatable bonds is 1. The molecule has 0 bridgehead atoms. The predicted molar refractivity (Wildman–Crippen MR) is 48.6 cm³/mol. The van der Waals surface area contributed by atoms with Gasteiger partial charge in [-0.15, -0.1) is 0 Å². The fraction of sp³-hybridized carbons (Fsp3) is 0.800. The van der Waals surface area contributed by atoms with E-state index in [0.717, 1.165) is 25.9 Å². The van der Waals surface area contributed by atoms with Gasteiger partial charge in [-0.1, -0.05) is 18.8 Å². The third-order valence-electron chi connectivity index (χ3n) is 2.08. The molecule has 1 fully saturated rings. The summed E-state index contributed by atoms with van der Waals surface area (Å²) in [6.45, 7) is 3.58. The van der Waals surface area contributed by atoms with Gasteiger partial charge in [0, 0.05) is 19.3 Å². The average Bonchev–Trinajstić information content (AvgIpc) is 2.06. The summed E-state index contributed by atoms with van der Waals surface area (Å²) in [7, 11) is 0. The van der Waals surface area contributed by atoms with Crippen molar-refractivity contribution in [2.75, 3.05) is 13.1 Å². The van der Waals surface area contributed by atoms with Gasteiger partial charge in [0.1, 0.15) is 0 Å². The number of nitrogens with one attached hydrogen (secondary N) is 1. The zero-order valence-electron chi connectivity index (χ0n) is 7.62. The van der Waals surface area contributed by atoms with Crippen molar-refractivity contribution in [2.45, 2.75) is 38.3 Å². The molecule has 0 saturated carbocycles. The summed E-state index contributed by atoms with van der Waals surface area (Å²) >= 11 is 0. The molecule has 0 amide bonds. The highest BCUT2D eigenvalue weighted by Gasteiger charge is 2.28. The highest BCUT2D eigenvalue weighted by molar-refractivity contribution is 5.15. The van der Waals surface area contributed by atoms with Crippen molar-refractivity contribution in [2.24, 2.45) is 0 Å². The summed E-state index contributed by atoms with van der Waals surface area (Å²) in [5.74, 6) is 5.63. The summed E-state index contributed by atoms with van der Waals surface area (Å²) in [5, 5.41) is 3.12. The first-order chi connectivity index (χ1) is 5.77.